The molecule has 2 aliphatic rings. The summed E-state index contributed by atoms with van der Waals surface area (Å²) in [4.78, 5) is 14.9. The highest BCUT2D eigenvalue weighted by Crippen LogP contribution is 2.29. The molecule has 4 rings (SSSR count). The molecular formula is C23H28BrN5O3S. The van der Waals surface area contributed by atoms with E-state index in [1.54, 1.807) is 12.1 Å². The second-order valence-corrected chi connectivity index (χ2v) is 9.57. The van der Waals surface area contributed by atoms with Crippen LogP contribution in [0.25, 0.3) is 0 Å². The van der Waals surface area contributed by atoms with E-state index >= 15 is 0 Å². The Labute approximate surface area is 207 Å². The van der Waals surface area contributed by atoms with Crippen LogP contribution in [-0.2, 0) is 6.54 Å². The number of hydrogen-bond acceptors (Lipinski definition) is 6. The van der Waals surface area contributed by atoms with Gasteiger partial charge in [-0.25, -0.2) is 0 Å². The zero-order valence-corrected chi connectivity index (χ0v) is 20.7. The standard InChI is InChI=1S/C23H28BrN5O3S/c24-21-15-17(1-6-22(21)32-20-7-9-25-10-8-20)16-27-11-13-28(14-12-27)23(33)26-18-2-4-19(5-3-18)29(30)31/h1-6,15,20,25H,7-14,16H2,(H,26,33). The van der Waals surface area contributed by atoms with Gasteiger partial charge in [0.15, 0.2) is 5.11 Å². The van der Waals surface area contributed by atoms with Crippen LogP contribution in [0.15, 0.2) is 46.9 Å². The molecule has 2 saturated heterocycles. The van der Waals surface area contributed by atoms with Gasteiger partial charge in [-0.2, -0.15) is 0 Å². The molecule has 10 heteroatoms. The van der Waals surface area contributed by atoms with Gasteiger partial charge < -0.3 is 20.3 Å². The Balaban J connectivity index is 1.24. The molecule has 0 amide bonds. The maximum atomic E-state index is 10.8. The number of nitrogens with one attached hydrogen (secondary N) is 2. The summed E-state index contributed by atoms with van der Waals surface area (Å²) in [6, 6.07) is 12.7. The fraction of sp³-hybridized carbons (Fsp3) is 0.435. The molecule has 33 heavy (non-hydrogen) atoms. The number of nitro groups is 1. The highest BCUT2D eigenvalue weighted by Gasteiger charge is 2.20. The Bertz CT molecular complexity index is 977. The molecule has 0 unspecified atom stereocenters. The number of piperidine rings is 1. The number of ether oxygens (including phenoxy) is 1. The third-order valence-corrected chi connectivity index (χ3v) is 6.95. The van der Waals surface area contributed by atoms with Crippen molar-refractivity contribution in [3.05, 3.63) is 62.6 Å². The molecule has 0 atom stereocenters. The number of halogens is 1. The Morgan fingerprint density at radius 1 is 1.15 bits per heavy atom. The lowest BCUT2D eigenvalue weighted by Crippen LogP contribution is -2.49. The van der Waals surface area contributed by atoms with E-state index in [4.69, 9.17) is 17.0 Å². The normalized spacial score (nSPS) is 17.5. The van der Waals surface area contributed by atoms with Crippen LogP contribution >= 0.6 is 28.1 Å². The molecule has 8 nitrogen and oxygen atoms in total. The molecule has 0 aliphatic carbocycles. The van der Waals surface area contributed by atoms with E-state index in [1.165, 1.54) is 17.7 Å². The van der Waals surface area contributed by atoms with Gasteiger partial charge in [-0.3, -0.25) is 15.0 Å². The minimum Gasteiger partial charge on any atom is -0.489 e. The molecule has 0 saturated carbocycles. The quantitative estimate of drug-likeness (QED) is 0.327. The predicted octanol–water partition coefficient (Wildman–Crippen LogP) is 4.00. The van der Waals surface area contributed by atoms with Crippen molar-refractivity contribution in [2.75, 3.05) is 44.6 Å². The van der Waals surface area contributed by atoms with E-state index < -0.39 is 4.92 Å². The summed E-state index contributed by atoms with van der Waals surface area (Å²) in [5.41, 5.74) is 2.07. The molecular weight excluding hydrogens is 506 g/mol. The van der Waals surface area contributed by atoms with Gasteiger partial charge in [0.25, 0.3) is 5.69 Å². The van der Waals surface area contributed by atoms with Crippen LogP contribution in [0.1, 0.15) is 18.4 Å². The SMILES string of the molecule is O=[N+]([O-])c1ccc(NC(=S)N2CCN(Cc3ccc(OC4CCNCC4)c(Br)c3)CC2)cc1. The fourth-order valence-corrected chi connectivity index (χ4v) is 4.89. The molecule has 0 spiro atoms. The van der Waals surface area contributed by atoms with Crippen LogP contribution < -0.4 is 15.4 Å². The number of piperazine rings is 1. The number of nitro benzene ring substituents is 1. The van der Waals surface area contributed by atoms with Gasteiger partial charge in [-0.1, -0.05) is 6.07 Å². The van der Waals surface area contributed by atoms with Gasteiger partial charge in [0, 0.05) is 50.5 Å². The topological polar surface area (TPSA) is 82.9 Å². The average molecular weight is 534 g/mol. The monoisotopic (exact) mass is 533 g/mol. The zero-order valence-electron chi connectivity index (χ0n) is 18.3. The first-order valence-corrected chi connectivity index (χ1v) is 12.4. The Kier molecular flexibility index (Phi) is 8.13. The molecule has 0 bridgehead atoms. The predicted molar refractivity (Wildman–Crippen MR) is 137 cm³/mol. The zero-order chi connectivity index (χ0) is 23.2. The maximum Gasteiger partial charge on any atom is 0.269 e. The van der Waals surface area contributed by atoms with Crippen molar-refractivity contribution in [2.24, 2.45) is 0 Å². The number of benzene rings is 2. The summed E-state index contributed by atoms with van der Waals surface area (Å²) in [6.45, 7) is 6.38. The molecule has 0 aromatic heterocycles. The van der Waals surface area contributed by atoms with Crippen molar-refractivity contribution in [3.63, 3.8) is 0 Å². The van der Waals surface area contributed by atoms with Crippen LogP contribution in [0.3, 0.4) is 0 Å². The van der Waals surface area contributed by atoms with E-state index in [1.807, 2.05) is 0 Å². The van der Waals surface area contributed by atoms with Crippen molar-refractivity contribution in [1.29, 1.82) is 0 Å². The Hall–Kier alpha value is -2.27. The molecule has 2 heterocycles. The van der Waals surface area contributed by atoms with Crippen LogP contribution in [-0.4, -0.2) is 65.2 Å². The number of non-ortho nitro benzene ring substituents is 1. The van der Waals surface area contributed by atoms with E-state index in [0.717, 1.165) is 74.6 Å². The lowest BCUT2D eigenvalue weighted by molar-refractivity contribution is -0.384. The number of thiocarbonyl (C=S) groups is 1. The Morgan fingerprint density at radius 3 is 2.48 bits per heavy atom. The van der Waals surface area contributed by atoms with E-state index in [-0.39, 0.29) is 11.8 Å². The first-order valence-electron chi connectivity index (χ1n) is 11.2. The highest BCUT2D eigenvalue weighted by atomic mass is 79.9. The first kappa shape index (κ1) is 23.9. The molecule has 176 valence electrons. The third kappa shape index (κ3) is 6.63. The van der Waals surface area contributed by atoms with Crippen molar-refractivity contribution in [3.8, 4) is 5.75 Å². The smallest absolute Gasteiger partial charge is 0.269 e. The van der Waals surface area contributed by atoms with Gasteiger partial charge in [0.05, 0.1) is 9.40 Å². The summed E-state index contributed by atoms with van der Waals surface area (Å²) < 4.78 is 7.18. The van der Waals surface area contributed by atoms with E-state index in [9.17, 15) is 10.1 Å². The van der Waals surface area contributed by atoms with Crippen LogP contribution in [0.4, 0.5) is 11.4 Å². The van der Waals surface area contributed by atoms with Gasteiger partial charge >= 0.3 is 0 Å². The third-order valence-electron chi connectivity index (χ3n) is 5.97. The average Bonchev–Trinajstić information content (AvgIpc) is 2.82. The van der Waals surface area contributed by atoms with Crippen molar-refractivity contribution < 1.29 is 9.66 Å². The summed E-state index contributed by atoms with van der Waals surface area (Å²) >= 11 is 9.23. The number of anilines is 1. The minimum atomic E-state index is -0.408. The minimum absolute atomic E-state index is 0.0672. The lowest BCUT2D eigenvalue weighted by Gasteiger charge is -2.36. The fourth-order valence-electron chi connectivity index (χ4n) is 4.07. The number of nitrogens with zero attached hydrogens (tertiary/aromatic N) is 3. The van der Waals surface area contributed by atoms with E-state index in [2.05, 4.69) is 54.6 Å². The van der Waals surface area contributed by atoms with Crippen LogP contribution in [0.2, 0.25) is 0 Å². The molecule has 2 aromatic rings. The van der Waals surface area contributed by atoms with Gasteiger partial charge in [-0.05, 0) is 83.9 Å². The first-order chi connectivity index (χ1) is 16.0. The molecule has 2 aliphatic heterocycles. The number of hydrogen-bond donors (Lipinski definition) is 2. The van der Waals surface area contributed by atoms with E-state index in [0.29, 0.717) is 5.11 Å². The van der Waals surface area contributed by atoms with Gasteiger partial charge in [0.1, 0.15) is 11.9 Å². The highest BCUT2D eigenvalue weighted by molar-refractivity contribution is 9.10. The largest absolute Gasteiger partial charge is 0.489 e. The molecule has 2 fully saturated rings. The maximum absolute atomic E-state index is 10.8. The van der Waals surface area contributed by atoms with Crippen LogP contribution in [0.5, 0.6) is 5.75 Å². The van der Waals surface area contributed by atoms with Gasteiger partial charge in [0.2, 0.25) is 0 Å². The second kappa shape index (κ2) is 11.2. The van der Waals surface area contributed by atoms with Gasteiger partial charge in [-0.15, -0.1) is 0 Å². The summed E-state index contributed by atoms with van der Waals surface area (Å²) in [5.74, 6) is 0.915. The molecule has 2 N–H and O–H groups in total. The van der Waals surface area contributed by atoms with Crippen molar-refractivity contribution in [1.82, 2.24) is 15.1 Å². The Morgan fingerprint density at radius 2 is 1.85 bits per heavy atom. The summed E-state index contributed by atoms with van der Waals surface area (Å²) in [6.07, 6.45) is 2.36. The summed E-state index contributed by atoms with van der Waals surface area (Å²) in [5, 5.41) is 18.0. The lowest BCUT2D eigenvalue weighted by atomic mass is 10.1. The molecule has 2 aromatic carbocycles. The van der Waals surface area contributed by atoms with Crippen molar-refractivity contribution in [2.45, 2.75) is 25.5 Å². The summed E-state index contributed by atoms with van der Waals surface area (Å²) in [7, 11) is 0. The number of rotatable bonds is 6. The second-order valence-electron chi connectivity index (χ2n) is 8.33. The van der Waals surface area contributed by atoms with Crippen LogP contribution in [0, 0.1) is 10.1 Å². The molecule has 0 radical (unpaired) electrons. The van der Waals surface area contributed by atoms with Crippen molar-refractivity contribution >= 4 is 44.6 Å².